The van der Waals surface area contributed by atoms with Gasteiger partial charge in [-0.3, -0.25) is 9.05 Å². The number of ether oxygens (including phenoxy) is 2. The van der Waals surface area contributed by atoms with Crippen LogP contribution in [-0.4, -0.2) is 44.5 Å². The van der Waals surface area contributed by atoms with Crippen LogP contribution in [0.5, 0.6) is 0 Å². The Bertz CT molecular complexity index is 446. The third-order valence-electron chi connectivity index (χ3n) is 5.50. The van der Waals surface area contributed by atoms with E-state index in [-0.39, 0.29) is 13.2 Å². The number of phosphoric acid groups is 1. The topological polar surface area (TPSA) is 74.2 Å². The minimum atomic E-state index is -4.06. The Morgan fingerprint density at radius 1 is 0.781 bits per heavy atom. The standard InChI is InChI=1S/C25H51O6P/c1-4-6-7-8-9-10-11-12-13-14-15-16-17-18-19-20-22-30-24-25(23-29-21-5-2)31-32(26,27)28-3/h5,25H,2,4,6-24H2,1,3H3,(H,26,27). The lowest BCUT2D eigenvalue weighted by Crippen LogP contribution is -2.25. The molecule has 32 heavy (non-hydrogen) atoms. The van der Waals surface area contributed by atoms with Crippen LogP contribution in [0.1, 0.15) is 110 Å². The van der Waals surface area contributed by atoms with E-state index < -0.39 is 13.9 Å². The normalized spacial score (nSPS) is 14.3. The highest BCUT2D eigenvalue weighted by Crippen LogP contribution is 2.43. The molecule has 0 aromatic heterocycles. The minimum absolute atomic E-state index is 0.152. The third kappa shape index (κ3) is 22.9. The molecule has 0 aromatic rings. The fourth-order valence-corrected chi connectivity index (χ4v) is 4.17. The number of hydrogen-bond donors (Lipinski definition) is 1. The summed E-state index contributed by atoms with van der Waals surface area (Å²) in [5.74, 6) is 0. The highest BCUT2D eigenvalue weighted by Gasteiger charge is 2.25. The molecular formula is C25H51O6P. The average molecular weight is 479 g/mol. The Morgan fingerprint density at radius 2 is 1.22 bits per heavy atom. The predicted octanol–water partition coefficient (Wildman–Crippen LogP) is 7.60. The van der Waals surface area contributed by atoms with Crippen LogP contribution in [0, 0.1) is 0 Å². The molecule has 0 heterocycles. The molecule has 2 atom stereocenters. The fourth-order valence-electron chi connectivity index (χ4n) is 3.59. The Labute approximate surface area is 198 Å². The van der Waals surface area contributed by atoms with Crippen molar-refractivity contribution in [3.63, 3.8) is 0 Å². The van der Waals surface area contributed by atoms with Crippen LogP contribution in [0.25, 0.3) is 0 Å². The molecule has 0 aliphatic carbocycles. The summed E-state index contributed by atoms with van der Waals surface area (Å²) in [5.41, 5.74) is 0. The lowest BCUT2D eigenvalue weighted by atomic mass is 10.0. The summed E-state index contributed by atoms with van der Waals surface area (Å²) < 4.78 is 32.1. The van der Waals surface area contributed by atoms with Gasteiger partial charge in [0.1, 0.15) is 6.10 Å². The Kier molecular flexibility index (Phi) is 23.7. The van der Waals surface area contributed by atoms with E-state index in [1.54, 1.807) is 6.08 Å². The minimum Gasteiger partial charge on any atom is -0.379 e. The first kappa shape index (κ1) is 31.8. The molecule has 6 nitrogen and oxygen atoms in total. The highest BCUT2D eigenvalue weighted by atomic mass is 31.2. The molecule has 0 amide bonds. The molecular weight excluding hydrogens is 427 g/mol. The second-order valence-electron chi connectivity index (χ2n) is 8.58. The zero-order chi connectivity index (χ0) is 23.8. The van der Waals surface area contributed by atoms with Crippen LogP contribution in [-0.2, 0) is 23.1 Å². The van der Waals surface area contributed by atoms with Gasteiger partial charge in [0.25, 0.3) is 0 Å². The summed E-state index contributed by atoms with van der Waals surface area (Å²) >= 11 is 0. The van der Waals surface area contributed by atoms with Crippen LogP contribution in [0.2, 0.25) is 0 Å². The molecule has 192 valence electrons. The zero-order valence-electron chi connectivity index (χ0n) is 20.9. The first-order valence-electron chi connectivity index (χ1n) is 12.9. The average Bonchev–Trinajstić information content (AvgIpc) is 2.78. The van der Waals surface area contributed by atoms with E-state index in [0.29, 0.717) is 13.2 Å². The van der Waals surface area contributed by atoms with E-state index in [9.17, 15) is 9.46 Å². The summed E-state index contributed by atoms with van der Waals surface area (Å²) in [7, 11) is -2.92. The van der Waals surface area contributed by atoms with Gasteiger partial charge in [-0.2, -0.15) is 0 Å². The molecule has 0 aliphatic heterocycles. The van der Waals surface area contributed by atoms with E-state index in [2.05, 4.69) is 18.0 Å². The third-order valence-corrected chi connectivity index (χ3v) is 6.52. The second-order valence-corrected chi connectivity index (χ2v) is 10.1. The molecule has 0 radical (unpaired) electrons. The van der Waals surface area contributed by atoms with Crippen LogP contribution in [0.3, 0.4) is 0 Å². The Hall–Kier alpha value is -0.230. The van der Waals surface area contributed by atoms with Crippen molar-refractivity contribution in [3.05, 3.63) is 12.7 Å². The lowest BCUT2D eigenvalue weighted by molar-refractivity contribution is -0.0156. The van der Waals surface area contributed by atoms with Gasteiger partial charge in [-0.15, -0.1) is 6.58 Å². The van der Waals surface area contributed by atoms with Crippen molar-refractivity contribution in [1.29, 1.82) is 0 Å². The van der Waals surface area contributed by atoms with Crippen molar-refractivity contribution in [2.45, 2.75) is 116 Å². The van der Waals surface area contributed by atoms with Gasteiger partial charge in [-0.25, -0.2) is 4.57 Å². The molecule has 1 N–H and O–H groups in total. The SMILES string of the molecule is C=CCOCC(COCCCCCCCCCCCCCCCCCC)OP(=O)(O)OC. The van der Waals surface area contributed by atoms with Gasteiger partial charge in [0.2, 0.25) is 0 Å². The highest BCUT2D eigenvalue weighted by molar-refractivity contribution is 7.47. The first-order chi connectivity index (χ1) is 15.6. The number of rotatable bonds is 26. The molecule has 2 unspecified atom stereocenters. The van der Waals surface area contributed by atoms with Gasteiger partial charge in [0.15, 0.2) is 0 Å². The number of unbranched alkanes of at least 4 members (excludes halogenated alkanes) is 15. The van der Waals surface area contributed by atoms with Crippen molar-refractivity contribution < 1.29 is 28.0 Å². The largest absolute Gasteiger partial charge is 0.472 e. The summed E-state index contributed by atoms with van der Waals surface area (Å²) in [6, 6.07) is 0. The lowest BCUT2D eigenvalue weighted by Gasteiger charge is -2.19. The maximum absolute atomic E-state index is 11.6. The molecule has 7 heteroatoms. The van der Waals surface area contributed by atoms with Crippen molar-refractivity contribution in [3.8, 4) is 0 Å². The van der Waals surface area contributed by atoms with Crippen LogP contribution in [0.15, 0.2) is 12.7 Å². The van der Waals surface area contributed by atoms with Crippen molar-refractivity contribution in [2.24, 2.45) is 0 Å². The molecule has 0 aliphatic rings. The Balaban J connectivity index is 3.48. The van der Waals surface area contributed by atoms with Crippen molar-refractivity contribution in [1.82, 2.24) is 0 Å². The van der Waals surface area contributed by atoms with Gasteiger partial charge in [0, 0.05) is 13.7 Å². The van der Waals surface area contributed by atoms with Crippen LogP contribution < -0.4 is 0 Å². The van der Waals surface area contributed by atoms with Gasteiger partial charge in [0.05, 0.1) is 19.8 Å². The maximum Gasteiger partial charge on any atom is 0.472 e. The second kappa shape index (κ2) is 23.9. The molecule has 0 bridgehead atoms. The first-order valence-corrected chi connectivity index (χ1v) is 14.4. The molecule has 0 rings (SSSR count). The monoisotopic (exact) mass is 478 g/mol. The van der Waals surface area contributed by atoms with E-state index in [4.69, 9.17) is 14.0 Å². The van der Waals surface area contributed by atoms with Gasteiger partial charge >= 0.3 is 7.82 Å². The maximum atomic E-state index is 11.6. The van der Waals surface area contributed by atoms with E-state index in [1.807, 2.05) is 0 Å². The summed E-state index contributed by atoms with van der Waals surface area (Å²) in [6.07, 6.45) is 22.3. The summed E-state index contributed by atoms with van der Waals surface area (Å²) in [6.45, 7) is 7.16. The number of hydrogen-bond acceptors (Lipinski definition) is 5. The summed E-state index contributed by atoms with van der Waals surface area (Å²) in [5, 5.41) is 0. The fraction of sp³-hybridized carbons (Fsp3) is 0.920. The number of phosphoric ester groups is 1. The smallest absolute Gasteiger partial charge is 0.379 e. The molecule has 0 saturated heterocycles. The quantitative estimate of drug-likeness (QED) is 0.0784. The van der Waals surface area contributed by atoms with E-state index in [0.717, 1.165) is 20.0 Å². The molecule has 0 saturated carbocycles. The van der Waals surface area contributed by atoms with Gasteiger partial charge in [-0.1, -0.05) is 109 Å². The molecule has 0 fully saturated rings. The summed E-state index contributed by atoms with van der Waals surface area (Å²) in [4.78, 5) is 9.48. The molecule has 0 aromatic carbocycles. The Morgan fingerprint density at radius 3 is 1.66 bits per heavy atom. The van der Waals surface area contributed by atoms with E-state index in [1.165, 1.54) is 89.9 Å². The van der Waals surface area contributed by atoms with Crippen molar-refractivity contribution in [2.75, 3.05) is 33.5 Å². The molecule has 0 spiro atoms. The zero-order valence-corrected chi connectivity index (χ0v) is 21.8. The van der Waals surface area contributed by atoms with Gasteiger partial charge in [-0.05, 0) is 6.42 Å². The van der Waals surface area contributed by atoms with Crippen LogP contribution >= 0.6 is 7.82 Å². The van der Waals surface area contributed by atoms with Crippen molar-refractivity contribution >= 4 is 7.82 Å². The van der Waals surface area contributed by atoms with Crippen LogP contribution in [0.4, 0.5) is 0 Å². The van der Waals surface area contributed by atoms with Gasteiger partial charge < -0.3 is 14.4 Å². The van der Waals surface area contributed by atoms with E-state index >= 15 is 0 Å². The predicted molar refractivity (Wildman–Crippen MR) is 133 cm³/mol.